The van der Waals surface area contributed by atoms with E-state index in [1.54, 1.807) is 6.07 Å². The zero-order valence-corrected chi connectivity index (χ0v) is 10.1. The Bertz CT molecular complexity index is 394. The second kappa shape index (κ2) is 5.27. The molecule has 88 valence electrons. The molecule has 2 N–H and O–H groups in total. The molecule has 0 bridgehead atoms. The number of nitro benzene ring substituents is 1. The molecule has 1 rings (SSSR count). The Morgan fingerprint density at radius 2 is 2.12 bits per heavy atom. The van der Waals surface area contributed by atoms with Gasteiger partial charge in [0.15, 0.2) is 0 Å². The molecule has 0 heterocycles. The van der Waals surface area contributed by atoms with E-state index in [0.29, 0.717) is 17.0 Å². The number of hydrogen-bond donors (Lipinski definition) is 1. The van der Waals surface area contributed by atoms with E-state index in [-0.39, 0.29) is 22.6 Å². The summed E-state index contributed by atoms with van der Waals surface area (Å²) in [5.41, 5.74) is 6.49. The molecule has 0 saturated carbocycles. The van der Waals surface area contributed by atoms with Crippen LogP contribution in [0.4, 0.5) is 5.69 Å². The second-order valence-corrected chi connectivity index (χ2v) is 4.51. The third-order valence-corrected chi connectivity index (χ3v) is 2.91. The predicted molar refractivity (Wildman–Crippen MR) is 64.6 cm³/mol. The fourth-order valence-electron chi connectivity index (χ4n) is 1.43. The Balaban J connectivity index is 3.01. The minimum absolute atomic E-state index is 0.00131. The number of benzene rings is 1. The molecule has 4 nitrogen and oxygen atoms in total. The first kappa shape index (κ1) is 12.9. The van der Waals surface area contributed by atoms with E-state index in [9.17, 15) is 10.1 Å². The van der Waals surface area contributed by atoms with Crippen molar-refractivity contribution in [2.45, 2.75) is 26.3 Å². The maximum Gasteiger partial charge on any atom is 0.272 e. The Morgan fingerprint density at radius 3 is 2.62 bits per heavy atom. The van der Waals surface area contributed by atoms with Gasteiger partial charge in [0.2, 0.25) is 0 Å². The topological polar surface area (TPSA) is 69.2 Å². The lowest BCUT2D eigenvalue weighted by atomic mass is 9.94. The van der Waals surface area contributed by atoms with Gasteiger partial charge in [-0.2, -0.15) is 0 Å². The first-order valence-electron chi connectivity index (χ1n) is 5.10. The number of rotatable bonds is 4. The van der Waals surface area contributed by atoms with Crippen molar-refractivity contribution in [2.24, 2.45) is 11.7 Å². The number of halogens is 1. The molecule has 0 aliphatic heterocycles. The highest BCUT2D eigenvalue weighted by molar-refractivity contribution is 6.30. The molecule has 0 aliphatic rings. The molecule has 0 aliphatic carbocycles. The van der Waals surface area contributed by atoms with Crippen LogP contribution in [0.2, 0.25) is 5.02 Å². The van der Waals surface area contributed by atoms with Crippen LogP contribution < -0.4 is 5.73 Å². The summed E-state index contributed by atoms with van der Waals surface area (Å²) in [6.07, 6.45) is 0.564. The molecule has 0 spiro atoms. The summed E-state index contributed by atoms with van der Waals surface area (Å²) in [5.74, 6) is 0.178. The summed E-state index contributed by atoms with van der Waals surface area (Å²) < 4.78 is 0. The number of nitrogens with two attached hydrogens (primary N) is 1. The van der Waals surface area contributed by atoms with Crippen molar-refractivity contribution in [3.8, 4) is 0 Å². The fraction of sp³-hybridized carbons (Fsp3) is 0.455. The van der Waals surface area contributed by atoms with Crippen LogP contribution in [0.15, 0.2) is 18.2 Å². The third-order valence-electron chi connectivity index (χ3n) is 2.68. The van der Waals surface area contributed by atoms with Crippen molar-refractivity contribution in [3.05, 3.63) is 38.9 Å². The molecule has 0 amide bonds. The van der Waals surface area contributed by atoms with E-state index in [2.05, 4.69) is 0 Å². The smallest absolute Gasteiger partial charge is 0.272 e. The number of hydrogen-bond acceptors (Lipinski definition) is 3. The maximum absolute atomic E-state index is 10.8. The molecule has 0 radical (unpaired) electrons. The first-order valence-corrected chi connectivity index (χ1v) is 5.48. The molecule has 1 aromatic carbocycles. The van der Waals surface area contributed by atoms with Gasteiger partial charge >= 0.3 is 0 Å². The third kappa shape index (κ3) is 3.18. The van der Waals surface area contributed by atoms with Gasteiger partial charge in [0.1, 0.15) is 0 Å². The van der Waals surface area contributed by atoms with E-state index in [4.69, 9.17) is 17.3 Å². The summed E-state index contributed by atoms with van der Waals surface area (Å²) in [4.78, 5) is 10.4. The summed E-state index contributed by atoms with van der Waals surface area (Å²) in [7, 11) is 0. The summed E-state index contributed by atoms with van der Waals surface area (Å²) in [6.45, 7) is 3.86. The van der Waals surface area contributed by atoms with E-state index >= 15 is 0 Å². The molecule has 2 atom stereocenters. The lowest BCUT2D eigenvalue weighted by Gasteiger charge is -2.15. The Hall–Kier alpha value is -1.13. The van der Waals surface area contributed by atoms with Crippen LogP contribution in [0.25, 0.3) is 0 Å². The Morgan fingerprint density at radius 1 is 1.50 bits per heavy atom. The number of nitro groups is 1. The van der Waals surface area contributed by atoms with Gasteiger partial charge in [-0.1, -0.05) is 18.5 Å². The van der Waals surface area contributed by atoms with E-state index in [0.717, 1.165) is 0 Å². The Kier molecular flexibility index (Phi) is 4.26. The van der Waals surface area contributed by atoms with Crippen LogP contribution in [-0.2, 0) is 6.42 Å². The highest BCUT2D eigenvalue weighted by atomic mass is 35.5. The van der Waals surface area contributed by atoms with E-state index in [1.165, 1.54) is 12.1 Å². The van der Waals surface area contributed by atoms with Crippen molar-refractivity contribution < 1.29 is 4.92 Å². The zero-order valence-electron chi connectivity index (χ0n) is 9.31. The maximum atomic E-state index is 10.8. The molecular formula is C11H15ClN2O2. The summed E-state index contributed by atoms with van der Waals surface area (Å²) in [5, 5.41) is 11.3. The Labute approximate surface area is 99.6 Å². The van der Waals surface area contributed by atoms with Crippen LogP contribution in [0.1, 0.15) is 19.4 Å². The average molecular weight is 243 g/mol. The van der Waals surface area contributed by atoms with Crippen molar-refractivity contribution in [2.75, 3.05) is 0 Å². The lowest BCUT2D eigenvalue weighted by molar-refractivity contribution is -0.385. The average Bonchev–Trinajstić information content (AvgIpc) is 2.16. The molecule has 1 aromatic rings. The van der Waals surface area contributed by atoms with Crippen molar-refractivity contribution in [1.29, 1.82) is 0 Å². The highest BCUT2D eigenvalue weighted by Crippen LogP contribution is 2.25. The molecule has 16 heavy (non-hydrogen) atoms. The second-order valence-electron chi connectivity index (χ2n) is 4.07. The van der Waals surface area contributed by atoms with Gasteiger partial charge in [-0.15, -0.1) is 0 Å². The van der Waals surface area contributed by atoms with Gasteiger partial charge in [0.25, 0.3) is 5.69 Å². The van der Waals surface area contributed by atoms with E-state index < -0.39 is 0 Å². The van der Waals surface area contributed by atoms with Crippen LogP contribution in [-0.4, -0.2) is 11.0 Å². The predicted octanol–water partition coefficient (Wildman–Crippen LogP) is 2.77. The molecule has 0 saturated heterocycles. The largest absolute Gasteiger partial charge is 0.328 e. The monoisotopic (exact) mass is 242 g/mol. The van der Waals surface area contributed by atoms with Gasteiger partial charge in [0, 0.05) is 22.7 Å². The zero-order chi connectivity index (χ0) is 12.3. The van der Waals surface area contributed by atoms with Crippen molar-refractivity contribution in [1.82, 2.24) is 0 Å². The molecule has 0 aromatic heterocycles. The number of nitrogens with zero attached hydrogens (tertiary/aromatic N) is 1. The summed E-state index contributed by atoms with van der Waals surface area (Å²) in [6, 6.07) is 4.60. The van der Waals surface area contributed by atoms with Gasteiger partial charge in [-0.25, -0.2) is 0 Å². The van der Waals surface area contributed by atoms with Crippen LogP contribution >= 0.6 is 11.6 Å². The molecule has 5 heteroatoms. The normalized spacial score (nSPS) is 14.5. The minimum atomic E-state index is -0.389. The molecule has 2 unspecified atom stereocenters. The van der Waals surface area contributed by atoms with E-state index in [1.807, 2.05) is 13.8 Å². The van der Waals surface area contributed by atoms with Gasteiger partial charge < -0.3 is 5.73 Å². The van der Waals surface area contributed by atoms with Gasteiger partial charge in [-0.3, -0.25) is 10.1 Å². The van der Waals surface area contributed by atoms with Crippen molar-refractivity contribution >= 4 is 17.3 Å². The first-order chi connectivity index (χ1) is 7.41. The minimum Gasteiger partial charge on any atom is -0.328 e. The lowest BCUT2D eigenvalue weighted by Crippen LogP contribution is -2.25. The summed E-state index contributed by atoms with van der Waals surface area (Å²) >= 11 is 5.83. The van der Waals surface area contributed by atoms with Crippen LogP contribution in [0, 0.1) is 16.0 Å². The van der Waals surface area contributed by atoms with Gasteiger partial charge in [0.05, 0.1) is 4.92 Å². The van der Waals surface area contributed by atoms with Crippen LogP contribution in [0.3, 0.4) is 0 Å². The SMILES string of the molecule is CC(N)C(C)Cc1cc(Cl)ccc1[N+](=O)[O-]. The highest BCUT2D eigenvalue weighted by Gasteiger charge is 2.17. The fourth-order valence-corrected chi connectivity index (χ4v) is 1.62. The van der Waals surface area contributed by atoms with Crippen LogP contribution in [0.5, 0.6) is 0 Å². The quantitative estimate of drug-likeness (QED) is 0.652. The molecule has 0 fully saturated rings. The standard InChI is InChI=1S/C11H15ClN2O2/c1-7(8(2)13)5-9-6-10(12)3-4-11(9)14(15)16/h3-4,6-8H,5,13H2,1-2H3. The van der Waals surface area contributed by atoms with Crippen molar-refractivity contribution in [3.63, 3.8) is 0 Å². The molecular weight excluding hydrogens is 228 g/mol. The van der Waals surface area contributed by atoms with Gasteiger partial charge in [-0.05, 0) is 31.4 Å².